The molecule has 3 aliphatic heterocycles. The Morgan fingerprint density at radius 3 is 2.30 bits per heavy atom. The number of carbonyl (C=O) groups excluding carboxylic acids is 3. The summed E-state index contributed by atoms with van der Waals surface area (Å²) < 4.78 is 13.5. The van der Waals surface area contributed by atoms with Crippen LogP contribution < -0.4 is 15.4 Å². The number of carbonyl (C=O) groups is 3. The third-order valence-electron chi connectivity index (χ3n) is 10.6. The number of benzene rings is 5. The zero-order chi connectivity index (χ0) is 36.1. The Hall–Kier alpha value is -5.88. The van der Waals surface area contributed by atoms with Gasteiger partial charge in [0.25, 0.3) is 0 Å². The summed E-state index contributed by atoms with van der Waals surface area (Å²) in [4.78, 5) is 51.9. The highest BCUT2D eigenvalue weighted by atomic mass is 32.1. The molecule has 0 unspecified atom stereocenters. The number of fused-ring (bicyclic) bond motifs is 4. The van der Waals surface area contributed by atoms with Gasteiger partial charge >= 0.3 is 5.97 Å². The third kappa shape index (κ3) is 5.22. The molecular formula is C42H34N4O6S. The van der Waals surface area contributed by atoms with Gasteiger partial charge in [-0.1, -0.05) is 121 Å². The van der Waals surface area contributed by atoms with Crippen LogP contribution in [0.3, 0.4) is 0 Å². The zero-order valence-corrected chi connectivity index (χ0v) is 29.1. The van der Waals surface area contributed by atoms with Crippen LogP contribution >= 0.6 is 11.3 Å². The Kier molecular flexibility index (Phi) is 8.26. The Morgan fingerprint density at radius 1 is 0.849 bits per heavy atom. The molecule has 6 aromatic rings. The van der Waals surface area contributed by atoms with Crippen molar-refractivity contribution < 1.29 is 29.0 Å². The quantitative estimate of drug-likeness (QED) is 0.150. The Morgan fingerprint density at radius 2 is 1.53 bits per heavy atom. The van der Waals surface area contributed by atoms with E-state index in [0.717, 1.165) is 21.3 Å². The number of morpholine rings is 1. The number of esters is 1. The standard InChI is InChI=1S/C42H34N4O6S/c47-23-24-51-31-21-11-7-17-27(31)37-42(28-18-8-9-19-29(28)43-40(42)50)33(38(48)45-41-44-30-20-10-12-22-32(30)53-41)35-39(49)52-36(26-15-5-2-6-16-26)34(46(35)37)25-13-3-1-4-14-25/h1-22,33-37,47H,23-24H2,(H,43,50)(H,44,45,48)/t33-,34-,35-,36+,37+,42-/m0/s1. The van der Waals surface area contributed by atoms with Crippen molar-refractivity contribution in [2.24, 2.45) is 5.92 Å². The second-order valence-corrected chi connectivity index (χ2v) is 14.4. The number of rotatable bonds is 8. The van der Waals surface area contributed by atoms with Crippen molar-refractivity contribution in [2.75, 3.05) is 23.8 Å². The Bertz CT molecular complexity index is 2320. The number of anilines is 2. The maximum absolute atomic E-state index is 15.2. The minimum absolute atomic E-state index is 0.00125. The van der Waals surface area contributed by atoms with Crippen LogP contribution in [-0.2, 0) is 24.5 Å². The van der Waals surface area contributed by atoms with Gasteiger partial charge in [0.2, 0.25) is 11.8 Å². The van der Waals surface area contributed by atoms with E-state index in [1.54, 1.807) is 6.07 Å². The van der Waals surface area contributed by atoms with Crippen molar-refractivity contribution in [3.05, 3.63) is 156 Å². The molecule has 1 spiro atoms. The van der Waals surface area contributed by atoms with Gasteiger partial charge in [-0.3, -0.25) is 19.3 Å². The molecule has 10 nitrogen and oxygen atoms in total. The molecule has 9 rings (SSSR count). The first kappa shape index (κ1) is 33.0. The van der Waals surface area contributed by atoms with Gasteiger partial charge in [0.15, 0.2) is 5.13 Å². The molecule has 0 saturated carbocycles. The number of hydrogen-bond acceptors (Lipinski definition) is 9. The number of thiazole rings is 1. The van der Waals surface area contributed by atoms with Gasteiger partial charge in [0, 0.05) is 11.3 Å². The average molecular weight is 723 g/mol. The molecule has 3 aliphatic rings. The van der Waals surface area contributed by atoms with Gasteiger partial charge in [-0.2, -0.15) is 0 Å². The zero-order valence-electron chi connectivity index (χ0n) is 28.3. The second-order valence-electron chi connectivity index (χ2n) is 13.4. The SMILES string of the molecule is O=C1O[C@H](c2ccccc2)[C@H](c2ccccc2)N2[C@H]1[C@@H](C(=O)Nc1nc3ccccc3s1)[C@]1(C(=O)Nc3ccccc31)[C@H]2c1ccccc1OCCO. The largest absolute Gasteiger partial charge is 0.491 e. The predicted octanol–water partition coefficient (Wildman–Crippen LogP) is 6.58. The third-order valence-corrected chi connectivity index (χ3v) is 11.5. The molecule has 0 bridgehead atoms. The van der Waals surface area contributed by atoms with Crippen LogP contribution in [0.4, 0.5) is 10.8 Å². The molecule has 53 heavy (non-hydrogen) atoms. The summed E-state index contributed by atoms with van der Waals surface area (Å²) in [5.41, 5.74) is 2.41. The first-order valence-electron chi connectivity index (χ1n) is 17.5. The summed E-state index contributed by atoms with van der Waals surface area (Å²) in [5.74, 6) is -2.44. The van der Waals surface area contributed by atoms with Crippen LogP contribution in [0.1, 0.15) is 40.4 Å². The van der Waals surface area contributed by atoms with E-state index in [4.69, 9.17) is 9.47 Å². The lowest BCUT2D eigenvalue weighted by Gasteiger charge is -2.46. The van der Waals surface area contributed by atoms with Crippen LogP contribution in [0.2, 0.25) is 0 Å². The van der Waals surface area contributed by atoms with E-state index in [0.29, 0.717) is 27.7 Å². The van der Waals surface area contributed by atoms with Crippen LogP contribution in [0.15, 0.2) is 133 Å². The molecule has 6 atom stereocenters. The molecule has 4 heterocycles. The number of aliphatic hydroxyl groups excluding tert-OH is 1. The maximum Gasteiger partial charge on any atom is 0.324 e. The lowest BCUT2D eigenvalue weighted by atomic mass is 9.65. The van der Waals surface area contributed by atoms with Crippen LogP contribution in [0.25, 0.3) is 10.2 Å². The number of aromatic nitrogens is 1. The van der Waals surface area contributed by atoms with Gasteiger partial charge in [-0.05, 0) is 41.0 Å². The maximum atomic E-state index is 15.2. The Labute approximate surface area is 309 Å². The van der Waals surface area contributed by atoms with Crippen molar-refractivity contribution in [3.63, 3.8) is 0 Å². The van der Waals surface area contributed by atoms with Gasteiger partial charge < -0.3 is 25.2 Å². The van der Waals surface area contributed by atoms with E-state index in [-0.39, 0.29) is 13.2 Å². The van der Waals surface area contributed by atoms with Crippen molar-refractivity contribution in [1.82, 2.24) is 9.88 Å². The fraction of sp³-hybridized carbons (Fsp3) is 0.190. The molecule has 11 heteroatoms. The number of nitrogens with zero attached hydrogens (tertiary/aromatic N) is 2. The average Bonchev–Trinajstić information content (AvgIpc) is 3.84. The van der Waals surface area contributed by atoms with Crippen molar-refractivity contribution in [2.45, 2.75) is 29.6 Å². The topological polar surface area (TPSA) is 130 Å². The number of hydrogen-bond donors (Lipinski definition) is 3. The molecular weight excluding hydrogens is 689 g/mol. The van der Waals surface area contributed by atoms with E-state index in [1.165, 1.54) is 11.3 Å². The molecule has 2 saturated heterocycles. The van der Waals surface area contributed by atoms with Crippen molar-refractivity contribution in [3.8, 4) is 5.75 Å². The molecule has 0 radical (unpaired) electrons. The number of para-hydroxylation sites is 3. The first-order valence-corrected chi connectivity index (χ1v) is 18.3. The summed E-state index contributed by atoms with van der Waals surface area (Å²) in [6, 6.07) is 38.7. The number of amides is 2. The van der Waals surface area contributed by atoms with Crippen LogP contribution in [0.5, 0.6) is 5.75 Å². The van der Waals surface area contributed by atoms with E-state index in [9.17, 15) is 9.90 Å². The number of nitrogens with one attached hydrogen (secondary N) is 2. The fourth-order valence-corrected chi connectivity index (χ4v) is 9.49. The Balaban J connectivity index is 1.33. The summed E-state index contributed by atoms with van der Waals surface area (Å²) in [6.07, 6.45) is -0.793. The normalized spacial score (nSPS) is 24.7. The number of ether oxygens (including phenoxy) is 2. The summed E-state index contributed by atoms with van der Waals surface area (Å²) in [7, 11) is 0. The van der Waals surface area contributed by atoms with E-state index in [2.05, 4.69) is 15.6 Å². The predicted molar refractivity (Wildman–Crippen MR) is 200 cm³/mol. The van der Waals surface area contributed by atoms with E-state index >= 15 is 9.59 Å². The lowest BCUT2D eigenvalue weighted by Crippen LogP contribution is -2.53. The van der Waals surface area contributed by atoms with Gasteiger partial charge in [-0.25, -0.2) is 4.98 Å². The van der Waals surface area contributed by atoms with E-state index < -0.39 is 53.3 Å². The number of cyclic esters (lactones) is 1. The minimum Gasteiger partial charge on any atom is -0.491 e. The first-order chi connectivity index (χ1) is 26.0. The van der Waals surface area contributed by atoms with Crippen molar-refractivity contribution in [1.29, 1.82) is 0 Å². The highest BCUT2D eigenvalue weighted by molar-refractivity contribution is 7.22. The van der Waals surface area contributed by atoms with Gasteiger partial charge in [0.1, 0.15) is 29.9 Å². The molecule has 5 aromatic carbocycles. The smallest absolute Gasteiger partial charge is 0.324 e. The van der Waals surface area contributed by atoms with E-state index in [1.807, 2.05) is 132 Å². The fourth-order valence-electron chi connectivity index (χ4n) is 8.62. The van der Waals surface area contributed by atoms with Gasteiger partial charge in [0.05, 0.1) is 34.8 Å². The molecule has 2 amide bonds. The second kappa shape index (κ2) is 13.3. The highest BCUT2D eigenvalue weighted by Gasteiger charge is 2.74. The molecule has 2 fully saturated rings. The summed E-state index contributed by atoms with van der Waals surface area (Å²) in [5, 5.41) is 16.3. The van der Waals surface area contributed by atoms with Gasteiger partial charge in [-0.15, -0.1) is 0 Å². The molecule has 264 valence electrons. The van der Waals surface area contributed by atoms with Crippen LogP contribution in [0, 0.1) is 5.92 Å². The molecule has 0 aliphatic carbocycles. The molecule has 3 N–H and O–H groups in total. The monoisotopic (exact) mass is 722 g/mol. The van der Waals surface area contributed by atoms with Crippen LogP contribution in [-0.4, -0.2) is 52.0 Å². The summed E-state index contributed by atoms with van der Waals surface area (Å²) in [6.45, 7) is -0.233. The lowest BCUT2D eigenvalue weighted by molar-refractivity contribution is -0.177. The summed E-state index contributed by atoms with van der Waals surface area (Å²) >= 11 is 1.32. The van der Waals surface area contributed by atoms with Crippen molar-refractivity contribution >= 4 is 50.2 Å². The highest BCUT2D eigenvalue weighted by Crippen LogP contribution is 2.65. The number of aliphatic hydroxyl groups is 1. The minimum atomic E-state index is -1.65. The molecule has 1 aromatic heterocycles.